The van der Waals surface area contributed by atoms with Crippen molar-refractivity contribution >= 4 is 17.4 Å². The molecular formula is C11H9N3O4. The Hall–Kier alpha value is -2.70. The SMILES string of the molecule is Cc1cc(NC(=O)c2ccc([N+](=O)[O-])cc2)no1. The molecule has 0 atom stereocenters. The first-order valence-electron chi connectivity index (χ1n) is 5.05. The number of carbonyl (C=O) groups excluding carboxylic acids is 1. The number of benzene rings is 1. The number of hydrogen-bond acceptors (Lipinski definition) is 5. The van der Waals surface area contributed by atoms with E-state index in [1.807, 2.05) is 0 Å². The van der Waals surface area contributed by atoms with Crippen LogP contribution in [-0.2, 0) is 0 Å². The molecule has 1 heterocycles. The van der Waals surface area contributed by atoms with E-state index in [0.29, 0.717) is 17.1 Å². The molecule has 0 saturated heterocycles. The predicted molar refractivity (Wildman–Crippen MR) is 62.3 cm³/mol. The maximum Gasteiger partial charge on any atom is 0.269 e. The molecule has 0 fully saturated rings. The Kier molecular flexibility index (Phi) is 3.05. The summed E-state index contributed by atoms with van der Waals surface area (Å²) in [6, 6.07) is 6.86. The highest BCUT2D eigenvalue weighted by molar-refractivity contribution is 6.03. The summed E-state index contributed by atoms with van der Waals surface area (Å²) in [4.78, 5) is 21.7. The van der Waals surface area contributed by atoms with Gasteiger partial charge in [-0.3, -0.25) is 14.9 Å². The molecule has 0 aliphatic heterocycles. The minimum Gasteiger partial charge on any atom is -0.360 e. The summed E-state index contributed by atoms with van der Waals surface area (Å²) >= 11 is 0. The lowest BCUT2D eigenvalue weighted by Gasteiger charge is -2.00. The van der Waals surface area contributed by atoms with Crippen LogP contribution in [0.2, 0.25) is 0 Å². The van der Waals surface area contributed by atoms with E-state index in [-0.39, 0.29) is 5.69 Å². The molecular weight excluding hydrogens is 238 g/mol. The molecule has 0 unspecified atom stereocenters. The van der Waals surface area contributed by atoms with Crippen molar-refractivity contribution in [1.29, 1.82) is 0 Å². The first-order chi connectivity index (χ1) is 8.56. The zero-order valence-corrected chi connectivity index (χ0v) is 9.41. The lowest BCUT2D eigenvalue weighted by atomic mass is 10.2. The van der Waals surface area contributed by atoms with Crippen LogP contribution in [0.4, 0.5) is 11.5 Å². The van der Waals surface area contributed by atoms with Crippen molar-refractivity contribution in [2.24, 2.45) is 0 Å². The van der Waals surface area contributed by atoms with Gasteiger partial charge in [-0.2, -0.15) is 0 Å². The summed E-state index contributed by atoms with van der Waals surface area (Å²) in [5, 5.41) is 16.6. The van der Waals surface area contributed by atoms with E-state index < -0.39 is 10.8 Å². The number of nitrogens with one attached hydrogen (secondary N) is 1. The number of non-ortho nitro benzene ring substituents is 1. The molecule has 1 aromatic carbocycles. The molecule has 92 valence electrons. The van der Waals surface area contributed by atoms with Gasteiger partial charge in [0.05, 0.1) is 4.92 Å². The number of hydrogen-bond donors (Lipinski definition) is 1. The van der Waals surface area contributed by atoms with Gasteiger partial charge < -0.3 is 9.84 Å². The Labute approximate surface area is 102 Å². The Balaban J connectivity index is 2.11. The fourth-order valence-corrected chi connectivity index (χ4v) is 1.35. The van der Waals surface area contributed by atoms with E-state index in [2.05, 4.69) is 10.5 Å². The van der Waals surface area contributed by atoms with E-state index in [4.69, 9.17) is 4.52 Å². The van der Waals surface area contributed by atoms with Crippen LogP contribution < -0.4 is 5.32 Å². The van der Waals surface area contributed by atoms with Crippen molar-refractivity contribution in [1.82, 2.24) is 5.16 Å². The van der Waals surface area contributed by atoms with Crippen molar-refractivity contribution in [3.8, 4) is 0 Å². The van der Waals surface area contributed by atoms with Gasteiger partial charge in [0.15, 0.2) is 5.82 Å². The van der Waals surface area contributed by atoms with Crippen molar-refractivity contribution in [2.45, 2.75) is 6.92 Å². The monoisotopic (exact) mass is 247 g/mol. The highest BCUT2D eigenvalue weighted by Crippen LogP contribution is 2.14. The molecule has 7 heteroatoms. The fraction of sp³-hybridized carbons (Fsp3) is 0.0909. The number of carbonyl (C=O) groups is 1. The highest BCUT2D eigenvalue weighted by Gasteiger charge is 2.11. The summed E-state index contributed by atoms with van der Waals surface area (Å²) in [6.07, 6.45) is 0. The summed E-state index contributed by atoms with van der Waals surface area (Å²) < 4.78 is 4.80. The smallest absolute Gasteiger partial charge is 0.269 e. The third-order valence-corrected chi connectivity index (χ3v) is 2.21. The number of rotatable bonds is 3. The number of aromatic nitrogens is 1. The standard InChI is InChI=1S/C11H9N3O4/c1-7-6-10(13-18-7)12-11(15)8-2-4-9(5-3-8)14(16)17/h2-6H,1H3,(H,12,13,15). The zero-order chi connectivity index (χ0) is 13.1. The Morgan fingerprint density at radius 2 is 2.06 bits per heavy atom. The van der Waals surface area contributed by atoms with Crippen LogP contribution in [0, 0.1) is 17.0 Å². The normalized spacial score (nSPS) is 10.1. The minimum absolute atomic E-state index is 0.0659. The van der Waals surface area contributed by atoms with Gasteiger partial charge in [-0.25, -0.2) is 0 Å². The molecule has 2 rings (SSSR count). The van der Waals surface area contributed by atoms with Gasteiger partial charge in [0.25, 0.3) is 11.6 Å². The summed E-state index contributed by atoms with van der Waals surface area (Å²) in [5.41, 5.74) is 0.241. The van der Waals surface area contributed by atoms with Gasteiger partial charge in [-0.15, -0.1) is 0 Å². The van der Waals surface area contributed by atoms with Crippen LogP contribution in [0.15, 0.2) is 34.9 Å². The van der Waals surface area contributed by atoms with E-state index in [1.165, 1.54) is 24.3 Å². The van der Waals surface area contributed by atoms with Gasteiger partial charge in [0.2, 0.25) is 0 Å². The molecule has 0 aliphatic rings. The summed E-state index contributed by atoms with van der Waals surface area (Å²) in [7, 11) is 0. The topological polar surface area (TPSA) is 98.3 Å². The van der Waals surface area contributed by atoms with Crippen molar-refractivity contribution in [2.75, 3.05) is 5.32 Å². The van der Waals surface area contributed by atoms with Crippen LogP contribution >= 0.6 is 0 Å². The second-order valence-corrected chi connectivity index (χ2v) is 3.58. The molecule has 0 spiro atoms. The summed E-state index contributed by atoms with van der Waals surface area (Å²) in [5.74, 6) is 0.475. The van der Waals surface area contributed by atoms with Gasteiger partial charge >= 0.3 is 0 Å². The van der Waals surface area contributed by atoms with Gasteiger partial charge in [0, 0.05) is 23.8 Å². The van der Waals surface area contributed by atoms with E-state index in [9.17, 15) is 14.9 Å². The molecule has 0 radical (unpaired) electrons. The lowest BCUT2D eigenvalue weighted by molar-refractivity contribution is -0.384. The van der Waals surface area contributed by atoms with Gasteiger partial charge in [-0.05, 0) is 19.1 Å². The Morgan fingerprint density at radius 3 is 2.56 bits per heavy atom. The molecule has 1 amide bonds. The van der Waals surface area contributed by atoms with Gasteiger partial charge in [0.1, 0.15) is 5.76 Å². The Morgan fingerprint density at radius 1 is 1.39 bits per heavy atom. The molecule has 1 aromatic heterocycles. The third-order valence-electron chi connectivity index (χ3n) is 2.21. The molecule has 0 aliphatic carbocycles. The average molecular weight is 247 g/mol. The first kappa shape index (κ1) is 11.8. The van der Waals surface area contributed by atoms with Crippen molar-refractivity contribution in [3.05, 3.63) is 51.8 Å². The number of amides is 1. The van der Waals surface area contributed by atoms with Crippen LogP contribution in [0.25, 0.3) is 0 Å². The first-order valence-corrected chi connectivity index (χ1v) is 5.05. The van der Waals surface area contributed by atoms with Crippen LogP contribution in [0.5, 0.6) is 0 Å². The van der Waals surface area contributed by atoms with Gasteiger partial charge in [-0.1, -0.05) is 5.16 Å². The molecule has 7 nitrogen and oxygen atoms in total. The molecule has 18 heavy (non-hydrogen) atoms. The number of nitro groups is 1. The molecule has 0 bridgehead atoms. The average Bonchev–Trinajstić information content (AvgIpc) is 2.75. The van der Waals surface area contributed by atoms with Crippen LogP contribution in [0.1, 0.15) is 16.1 Å². The lowest BCUT2D eigenvalue weighted by Crippen LogP contribution is -2.11. The second kappa shape index (κ2) is 4.66. The minimum atomic E-state index is -0.525. The predicted octanol–water partition coefficient (Wildman–Crippen LogP) is 2.14. The highest BCUT2D eigenvalue weighted by atomic mass is 16.6. The number of nitro benzene ring substituents is 1. The fourth-order valence-electron chi connectivity index (χ4n) is 1.35. The second-order valence-electron chi connectivity index (χ2n) is 3.58. The molecule has 2 aromatic rings. The quantitative estimate of drug-likeness (QED) is 0.661. The molecule has 0 saturated carbocycles. The zero-order valence-electron chi connectivity index (χ0n) is 9.41. The van der Waals surface area contributed by atoms with E-state index in [1.54, 1.807) is 13.0 Å². The maximum atomic E-state index is 11.7. The van der Waals surface area contributed by atoms with E-state index in [0.717, 1.165) is 0 Å². The van der Waals surface area contributed by atoms with E-state index >= 15 is 0 Å². The number of anilines is 1. The van der Waals surface area contributed by atoms with Crippen LogP contribution in [0.3, 0.4) is 0 Å². The Bertz CT molecular complexity index is 589. The maximum absolute atomic E-state index is 11.7. The summed E-state index contributed by atoms with van der Waals surface area (Å²) in [6.45, 7) is 1.70. The largest absolute Gasteiger partial charge is 0.360 e. The number of aryl methyl sites for hydroxylation is 1. The van der Waals surface area contributed by atoms with Crippen molar-refractivity contribution in [3.63, 3.8) is 0 Å². The van der Waals surface area contributed by atoms with Crippen molar-refractivity contribution < 1.29 is 14.2 Å². The third kappa shape index (κ3) is 2.51. The molecule has 1 N–H and O–H groups in total. The number of nitrogens with zero attached hydrogens (tertiary/aromatic N) is 2. The van der Waals surface area contributed by atoms with Crippen LogP contribution in [-0.4, -0.2) is 16.0 Å².